The molecule has 7 heteroatoms. The molecule has 2 aliphatic heterocycles. The highest BCUT2D eigenvalue weighted by Gasteiger charge is 2.42. The summed E-state index contributed by atoms with van der Waals surface area (Å²) >= 11 is 0. The number of rotatable bonds is 1. The van der Waals surface area contributed by atoms with Gasteiger partial charge in [-0.2, -0.15) is 0 Å². The first-order valence-electron chi connectivity index (χ1n) is 7.50. The van der Waals surface area contributed by atoms with E-state index in [1.54, 1.807) is 16.8 Å². The number of carbonyl (C=O) groups is 2. The lowest BCUT2D eigenvalue weighted by Crippen LogP contribution is -2.59. The molecular weight excluding hydrogens is 303 g/mol. The largest absolute Gasteiger partial charge is 0.368 e. The van der Waals surface area contributed by atoms with Crippen LogP contribution in [0.5, 0.6) is 0 Å². The van der Waals surface area contributed by atoms with E-state index in [1.165, 1.54) is 24.3 Å². The molecule has 0 aromatic heterocycles. The smallest absolute Gasteiger partial charge is 0.254 e. The van der Waals surface area contributed by atoms with Crippen molar-refractivity contribution in [3.05, 3.63) is 35.6 Å². The standard InChI is InChI=1S/C16H19FN2O4/c1-18-9-16(11-22-8-14(18)20)10-19(6-7-23-16)15(21)12-2-4-13(17)5-3-12/h2-5H,6-11H2,1H3. The van der Waals surface area contributed by atoms with E-state index >= 15 is 0 Å². The molecule has 0 bridgehead atoms. The van der Waals surface area contributed by atoms with Gasteiger partial charge in [0.1, 0.15) is 18.0 Å². The third-order valence-corrected chi connectivity index (χ3v) is 4.17. The highest BCUT2D eigenvalue weighted by molar-refractivity contribution is 5.94. The molecule has 0 N–H and O–H groups in total. The number of nitrogens with zero attached hydrogens (tertiary/aromatic N) is 2. The van der Waals surface area contributed by atoms with Crippen molar-refractivity contribution < 1.29 is 23.5 Å². The molecule has 1 aromatic carbocycles. The van der Waals surface area contributed by atoms with Crippen LogP contribution in [0.3, 0.4) is 0 Å². The van der Waals surface area contributed by atoms with Gasteiger partial charge < -0.3 is 19.3 Å². The second kappa shape index (κ2) is 6.25. The maximum atomic E-state index is 13.0. The summed E-state index contributed by atoms with van der Waals surface area (Å²) in [6.07, 6.45) is 0. The molecule has 0 radical (unpaired) electrons. The number of hydrogen-bond acceptors (Lipinski definition) is 4. The van der Waals surface area contributed by atoms with Gasteiger partial charge in [-0.05, 0) is 24.3 Å². The summed E-state index contributed by atoms with van der Waals surface area (Å²) in [5.74, 6) is -0.657. The Hall–Kier alpha value is -1.99. The normalized spacial score (nSPS) is 25.6. The Kier molecular flexibility index (Phi) is 4.32. The predicted molar refractivity (Wildman–Crippen MR) is 79.4 cm³/mol. The first-order chi connectivity index (χ1) is 11.0. The van der Waals surface area contributed by atoms with Crippen LogP contribution in [0.2, 0.25) is 0 Å². The van der Waals surface area contributed by atoms with Gasteiger partial charge in [-0.15, -0.1) is 0 Å². The highest BCUT2D eigenvalue weighted by atomic mass is 19.1. The molecule has 23 heavy (non-hydrogen) atoms. The number of benzene rings is 1. The minimum atomic E-state index is -0.713. The Morgan fingerprint density at radius 2 is 2.00 bits per heavy atom. The van der Waals surface area contributed by atoms with E-state index in [1.807, 2.05) is 0 Å². The zero-order chi connectivity index (χ0) is 16.4. The topological polar surface area (TPSA) is 59.1 Å². The van der Waals surface area contributed by atoms with Crippen molar-refractivity contribution in [1.82, 2.24) is 9.80 Å². The van der Waals surface area contributed by atoms with E-state index in [4.69, 9.17) is 9.47 Å². The van der Waals surface area contributed by atoms with Crippen molar-refractivity contribution >= 4 is 11.8 Å². The van der Waals surface area contributed by atoms with Crippen molar-refractivity contribution in [2.45, 2.75) is 5.60 Å². The van der Waals surface area contributed by atoms with E-state index in [9.17, 15) is 14.0 Å². The van der Waals surface area contributed by atoms with Gasteiger partial charge in [-0.3, -0.25) is 9.59 Å². The van der Waals surface area contributed by atoms with Crippen molar-refractivity contribution in [1.29, 1.82) is 0 Å². The van der Waals surface area contributed by atoms with Crippen LogP contribution in [0.25, 0.3) is 0 Å². The van der Waals surface area contributed by atoms with E-state index in [0.717, 1.165) is 0 Å². The molecule has 0 aliphatic carbocycles. The molecule has 2 amide bonds. The fraction of sp³-hybridized carbons (Fsp3) is 0.500. The fourth-order valence-electron chi connectivity index (χ4n) is 2.98. The molecule has 1 unspecified atom stereocenters. The summed E-state index contributed by atoms with van der Waals surface area (Å²) in [5.41, 5.74) is -0.281. The Morgan fingerprint density at radius 3 is 2.74 bits per heavy atom. The van der Waals surface area contributed by atoms with Gasteiger partial charge in [-0.1, -0.05) is 0 Å². The summed E-state index contributed by atoms with van der Waals surface area (Å²) in [6.45, 7) is 1.82. The third kappa shape index (κ3) is 3.35. The molecule has 3 rings (SSSR count). The Balaban J connectivity index is 1.76. The van der Waals surface area contributed by atoms with E-state index < -0.39 is 5.60 Å². The van der Waals surface area contributed by atoms with Crippen molar-refractivity contribution in [2.24, 2.45) is 0 Å². The molecular formula is C16H19FN2O4. The summed E-state index contributed by atoms with van der Waals surface area (Å²) in [6, 6.07) is 5.48. The number of morpholine rings is 1. The molecule has 2 fully saturated rings. The van der Waals surface area contributed by atoms with Crippen LogP contribution in [-0.2, 0) is 14.3 Å². The molecule has 0 saturated carbocycles. The van der Waals surface area contributed by atoms with Gasteiger partial charge in [0, 0.05) is 19.2 Å². The molecule has 1 spiro atoms. The van der Waals surface area contributed by atoms with Gasteiger partial charge >= 0.3 is 0 Å². The summed E-state index contributed by atoms with van der Waals surface area (Å²) in [4.78, 5) is 27.6. The zero-order valence-corrected chi connectivity index (χ0v) is 13.0. The van der Waals surface area contributed by atoms with Gasteiger partial charge in [0.25, 0.3) is 5.91 Å². The number of hydrogen-bond donors (Lipinski definition) is 0. The molecule has 2 aliphatic rings. The summed E-state index contributed by atoms with van der Waals surface area (Å²) in [5, 5.41) is 0. The average Bonchev–Trinajstić information content (AvgIpc) is 2.67. The molecule has 6 nitrogen and oxygen atoms in total. The van der Waals surface area contributed by atoms with Gasteiger partial charge in [0.05, 0.1) is 26.3 Å². The maximum Gasteiger partial charge on any atom is 0.254 e. The number of halogens is 1. The summed E-state index contributed by atoms with van der Waals surface area (Å²) in [7, 11) is 1.70. The van der Waals surface area contributed by atoms with Crippen LogP contribution >= 0.6 is 0 Å². The van der Waals surface area contributed by atoms with Crippen molar-refractivity contribution in [3.8, 4) is 0 Å². The van der Waals surface area contributed by atoms with Gasteiger partial charge in [-0.25, -0.2) is 4.39 Å². The zero-order valence-electron chi connectivity index (χ0n) is 13.0. The number of carbonyl (C=O) groups excluding carboxylic acids is 2. The average molecular weight is 322 g/mol. The Labute approximate surface area is 133 Å². The second-order valence-corrected chi connectivity index (χ2v) is 6.01. The summed E-state index contributed by atoms with van der Waals surface area (Å²) < 4.78 is 24.3. The van der Waals surface area contributed by atoms with Crippen LogP contribution in [-0.4, -0.2) is 73.7 Å². The fourth-order valence-corrected chi connectivity index (χ4v) is 2.98. The van der Waals surface area contributed by atoms with Crippen LogP contribution in [0.1, 0.15) is 10.4 Å². The lowest BCUT2D eigenvalue weighted by atomic mass is 10.0. The Bertz CT molecular complexity index is 607. The predicted octanol–water partition coefficient (Wildman–Crippen LogP) is 0.525. The van der Waals surface area contributed by atoms with Crippen LogP contribution in [0.15, 0.2) is 24.3 Å². The maximum absolute atomic E-state index is 13.0. The minimum absolute atomic E-state index is 0.0213. The first kappa shape index (κ1) is 15.9. The van der Waals surface area contributed by atoms with E-state index in [0.29, 0.717) is 31.8 Å². The monoisotopic (exact) mass is 322 g/mol. The van der Waals surface area contributed by atoms with Crippen LogP contribution in [0, 0.1) is 5.82 Å². The Morgan fingerprint density at radius 1 is 1.26 bits per heavy atom. The van der Waals surface area contributed by atoms with Crippen molar-refractivity contribution in [2.75, 3.05) is 46.5 Å². The van der Waals surface area contributed by atoms with Gasteiger partial charge in [0.2, 0.25) is 5.91 Å². The molecule has 1 aromatic rings. The number of ether oxygens (including phenoxy) is 2. The SMILES string of the molecule is CN1CC2(COCC1=O)CN(C(=O)c1ccc(F)cc1)CCO2. The molecule has 2 heterocycles. The van der Waals surface area contributed by atoms with E-state index in [2.05, 4.69) is 0 Å². The molecule has 1 atom stereocenters. The second-order valence-electron chi connectivity index (χ2n) is 6.01. The number of likely N-dealkylation sites (N-methyl/N-ethyl adjacent to an activating group) is 1. The number of amides is 2. The lowest BCUT2D eigenvalue weighted by molar-refractivity contribution is -0.135. The quantitative estimate of drug-likeness (QED) is 0.757. The van der Waals surface area contributed by atoms with Gasteiger partial charge in [0.15, 0.2) is 0 Å². The first-order valence-corrected chi connectivity index (χ1v) is 7.50. The molecule has 2 saturated heterocycles. The molecule has 124 valence electrons. The van der Waals surface area contributed by atoms with Crippen LogP contribution in [0.4, 0.5) is 4.39 Å². The lowest BCUT2D eigenvalue weighted by Gasteiger charge is -2.42. The third-order valence-electron chi connectivity index (χ3n) is 4.17. The highest BCUT2D eigenvalue weighted by Crippen LogP contribution is 2.23. The minimum Gasteiger partial charge on any atom is -0.368 e. The van der Waals surface area contributed by atoms with Crippen molar-refractivity contribution in [3.63, 3.8) is 0 Å². The van der Waals surface area contributed by atoms with Crippen LogP contribution < -0.4 is 0 Å². The van der Waals surface area contributed by atoms with E-state index in [-0.39, 0.29) is 30.8 Å².